The first-order valence-electron chi connectivity index (χ1n) is 20.8. The van der Waals surface area contributed by atoms with Gasteiger partial charge in [0, 0.05) is 33.2 Å². The fraction of sp³-hybridized carbons (Fsp3) is 0.0727. The molecule has 0 spiro atoms. The van der Waals surface area contributed by atoms with Crippen LogP contribution in [0.15, 0.2) is 182 Å². The van der Waals surface area contributed by atoms with Crippen molar-refractivity contribution in [2.24, 2.45) is 0 Å². The molecule has 0 aliphatic rings. The van der Waals surface area contributed by atoms with E-state index in [1.807, 2.05) is 114 Å². The van der Waals surface area contributed by atoms with E-state index in [1.54, 1.807) is 18.2 Å². The molecule has 0 N–H and O–H groups in total. The zero-order chi connectivity index (χ0) is 45.0. The minimum Gasteiger partial charge on any atom is -0.309 e. The summed E-state index contributed by atoms with van der Waals surface area (Å²) in [6.45, 7) is 4.11. The smallest absolute Gasteiger partial charge is 0.309 e. The molecular weight excluding hydrogens is 831 g/mol. The van der Waals surface area contributed by atoms with Crippen LogP contribution in [0, 0.1) is 13.8 Å². The van der Waals surface area contributed by atoms with Crippen molar-refractivity contribution in [3.8, 4) is 73.2 Å². The molecule has 10 aromatic rings. The van der Waals surface area contributed by atoms with Crippen LogP contribution in [0.2, 0.25) is 0 Å². The lowest BCUT2D eigenvalue weighted by Crippen LogP contribution is -2.11. The molecule has 8 aromatic carbocycles. The van der Waals surface area contributed by atoms with Crippen molar-refractivity contribution in [1.82, 2.24) is 19.5 Å². The number of fused-ring (bicyclic) bond motifs is 3. The van der Waals surface area contributed by atoms with Crippen molar-refractivity contribution in [3.63, 3.8) is 0 Å². The predicted octanol–water partition coefficient (Wildman–Crippen LogP) is 15.6. The number of hydrogen-bond donors (Lipinski definition) is 0. The van der Waals surface area contributed by atoms with E-state index in [2.05, 4.69) is 50.2 Å². The van der Waals surface area contributed by atoms with Crippen molar-refractivity contribution in [2.75, 3.05) is 0 Å². The Hall–Kier alpha value is -7.85. The Bertz CT molecular complexity index is 3240. The summed E-state index contributed by atoms with van der Waals surface area (Å²) in [6.07, 6.45) is -10.2. The molecule has 0 aliphatic carbocycles. The molecule has 10 rings (SSSR count). The minimum absolute atomic E-state index is 0.0615. The third kappa shape index (κ3) is 7.81. The summed E-state index contributed by atoms with van der Waals surface area (Å²) in [6, 6.07) is 53.5. The van der Waals surface area contributed by atoms with Crippen LogP contribution < -0.4 is 0 Å². The highest BCUT2D eigenvalue weighted by Gasteiger charge is 2.37. The highest BCUT2D eigenvalue weighted by Crippen LogP contribution is 2.44. The van der Waals surface area contributed by atoms with Gasteiger partial charge in [0.1, 0.15) is 0 Å². The van der Waals surface area contributed by atoms with Crippen molar-refractivity contribution in [3.05, 3.63) is 204 Å². The van der Waals surface area contributed by atoms with Gasteiger partial charge in [-0.3, -0.25) is 0 Å². The molecule has 0 fully saturated rings. The Morgan fingerprint density at radius 3 is 1.26 bits per heavy atom. The molecule has 0 aliphatic heterocycles. The summed E-state index contributed by atoms with van der Waals surface area (Å²) in [5, 5.41) is 1.83. The van der Waals surface area contributed by atoms with Gasteiger partial charge in [0.05, 0.1) is 22.2 Å². The van der Waals surface area contributed by atoms with Gasteiger partial charge in [-0.2, -0.15) is 26.3 Å². The molecule has 0 bridgehead atoms. The summed E-state index contributed by atoms with van der Waals surface area (Å²) in [5.41, 5.74) is 6.76. The van der Waals surface area contributed by atoms with Gasteiger partial charge >= 0.3 is 12.4 Å². The Kier molecular flexibility index (Phi) is 10.2. The van der Waals surface area contributed by atoms with Crippen molar-refractivity contribution >= 4 is 21.8 Å². The Balaban J connectivity index is 1.27. The van der Waals surface area contributed by atoms with Crippen LogP contribution in [0.4, 0.5) is 26.3 Å². The number of halogens is 6. The molecule has 0 unspecified atom stereocenters. The van der Waals surface area contributed by atoms with Crippen LogP contribution in [0.25, 0.3) is 95.0 Å². The fourth-order valence-electron chi connectivity index (χ4n) is 8.57. The molecule has 318 valence electrons. The number of hydrogen-bond acceptors (Lipinski definition) is 3. The molecule has 65 heavy (non-hydrogen) atoms. The Morgan fingerprint density at radius 2 is 0.800 bits per heavy atom. The van der Waals surface area contributed by atoms with Gasteiger partial charge in [0.2, 0.25) is 0 Å². The summed E-state index contributed by atoms with van der Waals surface area (Å²) in [5.74, 6) is 0.625. The van der Waals surface area contributed by atoms with Crippen molar-refractivity contribution in [1.29, 1.82) is 0 Å². The molecule has 0 atom stereocenters. The molecule has 2 heterocycles. The summed E-state index contributed by atoms with van der Waals surface area (Å²) < 4.78 is 89.4. The molecule has 4 nitrogen and oxygen atoms in total. The Morgan fingerprint density at radius 1 is 0.354 bits per heavy atom. The molecule has 0 saturated heterocycles. The highest BCUT2D eigenvalue weighted by atomic mass is 19.4. The molecule has 2 aromatic heterocycles. The summed E-state index contributed by atoms with van der Waals surface area (Å²) >= 11 is 0. The minimum atomic E-state index is -5.08. The lowest BCUT2D eigenvalue weighted by atomic mass is 9.94. The molecule has 0 radical (unpaired) electrons. The molecule has 0 amide bonds. The van der Waals surface area contributed by atoms with E-state index in [-0.39, 0.29) is 40.2 Å². The maximum absolute atomic E-state index is 14.6. The van der Waals surface area contributed by atoms with Gasteiger partial charge in [-0.15, -0.1) is 0 Å². The largest absolute Gasteiger partial charge is 0.416 e. The average molecular weight is 867 g/mol. The zero-order valence-electron chi connectivity index (χ0n) is 34.9. The zero-order valence-corrected chi connectivity index (χ0v) is 34.9. The van der Waals surface area contributed by atoms with E-state index in [4.69, 9.17) is 15.0 Å². The van der Waals surface area contributed by atoms with E-state index < -0.39 is 23.5 Å². The number of benzene rings is 8. The van der Waals surface area contributed by atoms with Crippen LogP contribution >= 0.6 is 0 Å². The third-order valence-corrected chi connectivity index (χ3v) is 11.8. The van der Waals surface area contributed by atoms with Crippen LogP contribution in [-0.4, -0.2) is 19.5 Å². The first-order valence-corrected chi connectivity index (χ1v) is 20.8. The third-order valence-electron chi connectivity index (χ3n) is 11.8. The van der Waals surface area contributed by atoms with Crippen LogP contribution in [0.5, 0.6) is 0 Å². The predicted molar refractivity (Wildman–Crippen MR) is 246 cm³/mol. The summed E-state index contributed by atoms with van der Waals surface area (Å²) in [7, 11) is 0. The maximum atomic E-state index is 14.6. The second-order valence-electron chi connectivity index (χ2n) is 16.0. The van der Waals surface area contributed by atoms with E-state index >= 15 is 0 Å². The van der Waals surface area contributed by atoms with Gasteiger partial charge in [0.25, 0.3) is 0 Å². The maximum Gasteiger partial charge on any atom is 0.416 e. The lowest BCUT2D eigenvalue weighted by Gasteiger charge is -2.18. The second-order valence-corrected chi connectivity index (χ2v) is 16.0. The highest BCUT2D eigenvalue weighted by molar-refractivity contribution is 6.12. The van der Waals surface area contributed by atoms with Gasteiger partial charge in [-0.05, 0) is 119 Å². The van der Waals surface area contributed by atoms with Gasteiger partial charge in [-0.25, -0.2) is 15.0 Å². The first-order chi connectivity index (χ1) is 31.3. The summed E-state index contributed by atoms with van der Waals surface area (Å²) in [4.78, 5) is 14.4. The first kappa shape index (κ1) is 41.2. The average Bonchev–Trinajstić information content (AvgIpc) is 3.64. The number of rotatable bonds is 7. The molecule has 0 saturated carbocycles. The van der Waals surface area contributed by atoms with Crippen LogP contribution in [0.3, 0.4) is 0 Å². The van der Waals surface area contributed by atoms with E-state index in [0.717, 1.165) is 67.3 Å². The number of nitrogens with zero attached hydrogens (tertiary/aromatic N) is 4. The fourth-order valence-corrected chi connectivity index (χ4v) is 8.57. The van der Waals surface area contributed by atoms with Gasteiger partial charge < -0.3 is 4.57 Å². The topological polar surface area (TPSA) is 43.6 Å². The second kappa shape index (κ2) is 16.1. The number of alkyl halides is 6. The molecule has 10 heteroatoms. The lowest BCUT2D eigenvalue weighted by molar-refractivity contribution is -0.143. The van der Waals surface area contributed by atoms with E-state index in [9.17, 15) is 26.3 Å². The standard InChI is InChI=1S/C55H36F6N4/c1-33-13-9-11-19-43(33)37-21-25-49-47(29-37)48-30-38(44-20-12-10-14-34(44)2)22-26-50(48)65(49)42-23-24-45(46(32-42)39-27-40(54(56,57)58)31-41(28-39)55(59,60)61)53-63-51(35-15-5-3-6-16-35)62-52(64-53)36-17-7-4-8-18-36/h3-32H,1-2H3. The monoisotopic (exact) mass is 866 g/mol. The number of aromatic nitrogens is 4. The molecular formula is C55H36F6N4. The van der Waals surface area contributed by atoms with Crippen molar-refractivity contribution in [2.45, 2.75) is 26.2 Å². The van der Waals surface area contributed by atoms with Gasteiger partial charge in [0.15, 0.2) is 17.5 Å². The van der Waals surface area contributed by atoms with E-state index in [0.29, 0.717) is 16.8 Å². The SMILES string of the molecule is Cc1ccccc1-c1ccc2c(c1)c1cc(-c3ccccc3C)ccc1n2-c1ccc(-c2nc(-c3ccccc3)nc(-c3ccccc3)n2)c(-c2cc(C(F)(F)F)cc(C(F)(F)F)c2)c1. The normalized spacial score (nSPS) is 12.0. The van der Waals surface area contributed by atoms with Crippen LogP contribution in [0.1, 0.15) is 22.3 Å². The van der Waals surface area contributed by atoms with Gasteiger partial charge in [-0.1, -0.05) is 121 Å². The van der Waals surface area contributed by atoms with Crippen LogP contribution in [-0.2, 0) is 12.4 Å². The number of aryl methyl sites for hydroxylation is 2. The quantitative estimate of drug-likeness (QED) is 0.150. The van der Waals surface area contributed by atoms with E-state index in [1.165, 1.54) is 0 Å². The van der Waals surface area contributed by atoms with Crippen molar-refractivity contribution < 1.29 is 26.3 Å². The Labute approximate surface area is 370 Å².